The van der Waals surface area contributed by atoms with E-state index in [9.17, 15) is 4.79 Å². The minimum Gasteiger partial charge on any atom is -0.343 e. The van der Waals surface area contributed by atoms with Gasteiger partial charge < -0.3 is 4.90 Å². The third kappa shape index (κ3) is 6.25. The highest BCUT2D eigenvalue weighted by Gasteiger charge is 2.11. The van der Waals surface area contributed by atoms with Crippen LogP contribution in [0.4, 0.5) is 0 Å². The maximum Gasteiger partial charge on any atom is 0.222 e. The van der Waals surface area contributed by atoms with Gasteiger partial charge in [-0.05, 0) is 25.7 Å². The Morgan fingerprint density at radius 3 is 2.43 bits per heavy atom. The van der Waals surface area contributed by atoms with Crippen molar-refractivity contribution in [3.8, 4) is 0 Å². The summed E-state index contributed by atoms with van der Waals surface area (Å²) in [5.74, 6) is 1.47. The molecule has 0 unspecified atom stereocenters. The maximum absolute atomic E-state index is 11.7. The van der Waals surface area contributed by atoms with Crippen molar-refractivity contribution in [3.05, 3.63) is 0 Å². The summed E-state index contributed by atoms with van der Waals surface area (Å²) in [6, 6.07) is 0. The zero-order valence-corrected chi connectivity index (χ0v) is 10.3. The van der Waals surface area contributed by atoms with E-state index in [1.807, 2.05) is 11.8 Å². The Bertz CT molecular complexity index is 159. The zero-order valence-electron chi connectivity index (χ0n) is 9.55. The number of nitrogens with zero attached hydrogens (tertiary/aromatic N) is 1. The zero-order chi connectivity index (χ0) is 11.0. The van der Waals surface area contributed by atoms with Gasteiger partial charge in [-0.25, -0.2) is 0 Å². The highest BCUT2D eigenvalue weighted by molar-refractivity contribution is 6.17. The predicted octanol–water partition coefficient (Wildman–Crippen LogP) is 2.90. The number of rotatable bonds is 7. The molecule has 0 aromatic heterocycles. The fourth-order valence-corrected chi connectivity index (χ4v) is 1.57. The molecule has 0 aromatic rings. The Balaban J connectivity index is 3.79. The first kappa shape index (κ1) is 13.8. The Hall–Kier alpha value is -0.240. The molecule has 1 amide bonds. The van der Waals surface area contributed by atoms with Crippen molar-refractivity contribution in [1.29, 1.82) is 0 Å². The SMILES string of the molecule is CCN(CC(C)C)C(=O)CCCCCl. The van der Waals surface area contributed by atoms with Crippen molar-refractivity contribution in [2.24, 2.45) is 5.92 Å². The second-order valence-corrected chi connectivity index (χ2v) is 4.35. The molecule has 0 bridgehead atoms. The van der Waals surface area contributed by atoms with E-state index < -0.39 is 0 Å². The van der Waals surface area contributed by atoms with Crippen LogP contribution in [-0.2, 0) is 4.79 Å². The molecule has 0 aliphatic rings. The predicted molar refractivity (Wildman–Crippen MR) is 61.7 cm³/mol. The number of unbranched alkanes of at least 4 members (excludes halogenated alkanes) is 1. The van der Waals surface area contributed by atoms with E-state index in [-0.39, 0.29) is 5.91 Å². The largest absolute Gasteiger partial charge is 0.343 e. The van der Waals surface area contributed by atoms with Crippen molar-refractivity contribution < 1.29 is 4.79 Å². The second kappa shape index (κ2) is 8.10. The number of amides is 1. The summed E-state index contributed by atoms with van der Waals surface area (Å²) in [4.78, 5) is 13.6. The molecule has 3 heteroatoms. The third-order valence-electron chi connectivity index (χ3n) is 2.09. The number of hydrogen-bond acceptors (Lipinski definition) is 1. The van der Waals surface area contributed by atoms with Crippen LogP contribution in [0.5, 0.6) is 0 Å². The summed E-state index contributed by atoms with van der Waals surface area (Å²) in [5, 5.41) is 0. The van der Waals surface area contributed by atoms with Crippen LogP contribution in [0, 0.1) is 5.92 Å². The summed E-state index contributed by atoms with van der Waals surface area (Å²) < 4.78 is 0. The summed E-state index contributed by atoms with van der Waals surface area (Å²) in [5.41, 5.74) is 0. The topological polar surface area (TPSA) is 20.3 Å². The average molecular weight is 220 g/mol. The van der Waals surface area contributed by atoms with Crippen LogP contribution >= 0.6 is 11.6 Å². The number of alkyl halides is 1. The quantitative estimate of drug-likeness (QED) is 0.476. The molecule has 0 aliphatic heterocycles. The van der Waals surface area contributed by atoms with Gasteiger partial charge in [0.05, 0.1) is 0 Å². The summed E-state index contributed by atoms with van der Waals surface area (Å²) in [6.45, 7) is 7.99. The van der Waals surface area contributed by atoms with Gasteiger partial charge >= 0.3 is 0 Å². The number of halogens is 1. The highest BCUT2D eigenvalue weighted by atomic mass is 35.5. The Morgan fingerprint density at radius 1 is 1.36 bits per heavy atom. The van der Waals surface area contributed by atoms with E-state index in [1.165, 1.54) is 0 Å². The molecule has 0 heterocycles. The monoisotopic (exact) mass is 219 g/mol. The highest BCUT2D eigenvalue weighted by Crippen LogP contribution is 2.05. The van der Waals surface area contributed by atoms with E-state index in [4.69, 9.17) is 11.6 Å². The molecule has 14 heavy (non-hydrogen) atoms. The van der Waals surface area contributed by atoms with Crippen molar-refractivity contribution >= 4 is 17.5 Å². The molecule has 0 saturated heterocycles. The Labute approximate surface area is 92.6 Å². The molecule has 2 nitrogen and oxygen atoms in total. The maximum atomic E-state index is 11.7. The first-order valence-corrected chi connectivity index (χ1v) is 5.99. The fourth-order valence-electron chi connectivity index (χ4n) is 1.38. The molecular formula is C11H22ClNO. The van der Waals surface area contributed by atoms with Crippen molar-refractivity contribution in [1.82, 2.24) is 4.90 Å². The molecule has 0 saturated carbocycles. The van der Waals surface area contributed by atoms with Gasteiger partial charge in [0, 0.05) is 25.4 Å². The van der Waals surface area contributed by atoms with Crippen molar-refractivity contribution in [2.75, 3.05) is 19.0 Å². The van der Waals surface area contributed by atoms with Gasteiger partial charge in [0.15, 0.2) is 0 Å². The number of carbonyl (C=O) groups excluding carboxylic acids is 1. The van der Waals surface area contributed by atoms with Gasteiger partial charge in [-0.3, -0.25) is 4.79 Å². The van der Waals surface area contributed by atoms with E-state index in [0.29, 0.717) is 18.2 Å². The normalized spacial score (nSPS) is 10.6. The standard InChI is InChI=1S/C11H22ClNO/c1-4-13(9-10(2)3)11(14)7-5-6-8-12/h10H,4-9H2,1-3H3. The lowest BCUT2D eigenvalue weighted by molar-refractivity contribution is -0.131. The van der Waals surface area contributed by atoms with Crippen LogP contribution in [0.2, 0.25) is 0 Å². The Morgan fingerprint density at radius 2 is 2.00 bits per heavy atom. The third-order valence-corrected chi connectivity index (χ3v) is 2.36. The van der Waals surface area contributed by atoms with E-state index >= 15 is 0 Å². The van der Waals surface area contributed by atoms with Gasteiger partial charge in [0.25, 0.3) is 0 Å². The van der Waals surface area contributed by atoms with Gasteiger partial charge in [-0.15, -0.1) is 11.6 Å². The number of carbonyl (C=O) groups is 1. The molecule has 84 valence electrons. The first-order chi connectivity index (χ1) is 6.61. The molecular weight excluding hydrogens is 198 g/mol. The van der Waals surface area contributed by atoms with Gasteiger partial charge in [-0.2, -0.15) is 0 Å². The average Bonchev–Trinajstić information content (AvgIpc) is 2.14. The smallest absolute Gasteiger partial charge is 0.222 e. The van der Waals surface area contributed by atoms with Crippen LogP contribution in [0.3, 0.4) is 0 Å². The summed E-state index contributed by atoms with van der Waals surface area (Å²) >= 11 is 5.56. The summed E-state index contributed by atoms with van der Waals surface area (Å²) in [6.07, 6.45) is 2.50. The minimum atomic E-state index is 0.270. The van der Waals surface area contributed by atoms with Crippen molar-refractivity contribution in [2.45, 2.75) is 40.0 Å². The number of hydrogen-bond donors (Lipinski definition) is 0. The van der Waals surface area contributed by atoms with E-state index in [2.05, 4.69) is 13.8 Å². The molecule has 0 fully saturated rings. The second-order valence-electron chi connectivity index (χ2n) is 3.97. The molecule has 0 atom stereocenters. The first-order valence-electron chi connectivity index (χ1n) is 5.45. The molecule has 0 N–H and O–H groups in total. The van der Waals surface area contributed by atoms with Crippen LogP contribution in [0.15, 0.2) is 0 Å². The van der Waals surface area contributed by atoms with E-state index in [1.54, 1.807) is 0 Å². The van der Waals surface area contributed by atoms with Crippen LogP contribution in [0.1, 0.15) is 40.0 Å². The molecule has 0 radical (unpaired) electrons. The van der Waals surface area contributed by atoms with Crippen LogP contribution < -0.4 is 0 Å². The molecule has 0 spiro atoms. The van der Waals surface area contributed by atoms with Crippen LogP contribution in [-0.4, -0.2) is 29.8 Å². The van der Waals surface area contributed by atoms with Gasteiger partial charge in [-0.1, -0.05) is 13.8 Å². The fraction of sp³-hybridized carbons (Fsp3) is 0.909. The lowest BCUT2D eigenvalue weighted by Crippen LogP contribution is -2.33. The Kier molecular flexibility index (Phi) is 7.96. The van der Waals surface area contributed by atoms with Crippen molar-refractivity contribution in [3.63, 3.8) is 0 Å². The van der Waals surface area contributed by atoms with Gasteiger partial charge in [0.2, 0.25) is 5.91 Å². The lowest BCUT2D eigenvalue weighted by Gasteiger charge is -2.22. The van der Waals surface area contributed by atoms with Crippen LogP contribution in [0.25, 0.3) is 0 Å². The molecule has 0 rings (SSSR count). The van der Waals surface area contributed by atoms with E-state index in [0.717, 1.165) is 25.9 Å². The summed E-state index contributed by atoms with van der Waals surface area (Å²) in [7, 11) is 0. The van der Waals surface area contributed by atoms with Gasteiger partial charge in [0.1, 0.15) is 0 Å². The molecule has 0 aromatic carbocycles. The lowest BCUT2D eigenvalue weighted by atomic mass is 10.2. The molecule has 0 aliphatic carbocycles. The minimum absolute atomic E-state index is 0.270.